The number of thioether (sulfide) groups is 1. The number of nitrogens with one attached hydrogen (secondary N) is 1. The highest BCUT2D eigenvalue weighted by Crippen LogP contribution is 2.40. The summed E-state index contributed by atoms with van der Waals surface area (Å²) in [7, 11) is 1.18. The summed E-state index contributed by atoms with van der Waals surface area (Å²) in [5, 5.41) is 14.2. The second kappa shape index (κ2) is 6.04. The van der Waals surface area contributed by atoms with Crippen molar-refractivity contribution in [3.8, 4) is 0 Å². The lowest BCUT2D eigenvalue weighted by Gasteiger charge is -2.49. The van der Waals surface area contributed by atoms with Crippen LogP contribution in [-0.2, 0) is 22.8 Å². The first-order chi connectivity index (χ1) is 12.0. The van der Waals surface area contributed by atoms with Gasteiger partial charge in [0.1, 0.15) is 22.8 Å². The van der Waals surface area contributed by atoms with E-state index in [1.54, 1.807) is 6.92 Å². The number of aromatic nitrogens is 2. The molecular weight excluding hydrogens is 377 g/mol. The Bertz CT molecular complexity index is 848. The van der Waals surface area contributed by atoms with E-state index >= 15 is 0 Å². The topological polar surface area (TPSA) is 105 Å². The average Bonchev–Trinajstić information content (AvgIpc) is 2.94. The molecule has 3 heterocycles. The number of β-lactam (4-membered cyclic amide) rings is 1. The molecule has 1 saturated heterocycles. The average molecular weight is 390 g/mol. The van der Waals surface area contributed by atoms with E-state index in [0.717, 1.165) is 9.58 Å². The van der Waals surface area contributed by atoms with Crippen molar-refractivity contribution in [2.75, 3.05) is 5.75 Å². The van der Waals surface area contributed by atoms with Crippen LogP contribution in [0.15, 0.2) is 17.3 Å². The monoisotopic (exact) mass is 390 g/mol. The first-order valence-corrected chi connectivity index (χ1v) is 8.37. The molecule has 2 amide bonds. The number of alkyl halides is 3. The SMILES string of the molecule is CC1=C(C(=O)O)N2C(=O)[C@@H](NC(=O)c3cc(C(F)(F)F)nn3C)[C@@H]2SC1. The van der Waals surface area contributed by atoms with Gasteiger partial charge in [-0.1, -0.05) is 0 Å². The molecule has 2 aliphatic rings. The molecule has 0 aromatic carbocycles. The van der Waals surface area contributed by atoms with Gasteiger partial charge in [0.15, 0.2) is 5.69 Å². The third-order valence-electron chi connectivity index (χ3n) is 4.05. The van der Waals surface area contributed by atoms with Gasteiger partial charge in [-0.15, -0.1) is 11.8 Å². The van der Waals surface area contributed by atoms with E-state index < -0.39 is 41.1 Å². The van der Waals surface area contributed by atoms with E-state index in [1.165, 1.54) is 18.8 Å². The van der Waals surface area contributed by atoms with Crippen LogP contribution in [0, 0.1) is 0 Å². The van der Waals surface area contributed by atoms with Crippen molar-refractivity contribution in [2.24, 2.45) is 7.05 Å². The van der Waals surface area contributed by atoms with Crippen molar-refractivity contribution >= 4 is 29.5 Å². The van der Waals surface area contributed by atoms with Gasteiger partial charge in [0.2, 0.25) is 0 Å². The Hall–Kier alpha value is -2.50. The molecule has 2 N–H and O–H groups in total. The lowest BCUT2D eigenvalue weighted by molar-refractivity contribution is -0.148. The Morgan fingerprint density at radius 2 is 2.08 bits per heavy atom. The van der Waals surface area contributed by atoms with E-state index in [4.69, 9.17) is 0 Å². The number of carboxylic acid groups (broad SMARTS) is 1. The zero-order valence-electron chi connectivity index (χ0n) is 13.5. The van der Waals surface area contributed by atoms with E-state index in [9.17, 15) is 32.7 Å². The zero-order valence-corrected chi connectivity index (χ0v) is 14.3. The molecule has 1 fully saturated rings. The second-order valence-corrected chi connectivity index (χ2v) is 6.94. The van der Waals surface area contributed by atoms with Crippen molar-refractivity contribution in [1.29, 1.82) is 0 Å². The Morgan fingerprint density at radius 3 is 2.62 bits per heavy atom. The molecule has 0 radical (unpaired) electrons. The summed E-state index contributed by atoms with van der Waals surface area (Å²) in [6.45, 7) is 1.60. The number of hydrogen-bond donors (Lipinski definition) is 2. The summed E-state index contributed by atoms with van der Waals surface area (Å²) in [6, 6.07) is -0.420. The standard InChI is InChI=1S/C14H13F3N4O4S/c1-5-4-26-12-8(11(23)21(12)9(5)13(24)25)18-10(22)6-3-7(14(15,16)17)19-20(6)2/h3,8,12H,4H2,1-2H3,(H,18,22)(H,24,25)/t8-,12+/m1/s1. The Labute approximate surface area is 149 Å². The number of hydrogen-bond acceptors (Lipinski definition) is 5. The number of aliphatic carboxylic acids is 1. The molecule has 2 atom stereocenters. The number of carbonyl (C=O) groups excluding carboxylic acids is 2. The van der Waals surface area contributed by atoms with Crippen LogP contribution >= 0.6 is 11.8 Å². The minimum atomic E-state index is -4.70. The third kappa shape index (κ3) is 2.83. The molecular formula is C14H13F3N4O4S. The number of nitrogens with zero attached hydrogens (tertiary/aromatic N) is 3. The molecule has 8 nitrogen and oxygen atoms in total. The molecule has 1 aromatic rings. The second-order valence-electron chi connectivity index (χ2n) is 5.83. The van der Waals surface area contributed by atoms with Gasteiger partial charge in [-0.05, 0) is 12.5 Å². The zero-order chi connectivity index (χ0) is 19.4. The van der Waals surface area contributed by atoms with Gasteiger partial charge < -0.3 is 10.4 Å². The summed E-state index contributed by atoms with van der Waals surface area (Å²) in [5.74, 6) is -2.39. The van der Waals surface area contributed by atoms with Crippen LogP contribution in [0.2, 0.25) is 0 Å². The predicted octanol–water partition coefficient (Wildman–Crippen LogP) is 0.811. The third-order valence-corrected chi connectivity index (χ3v) is 5.48. The number of halogens is 3. The van der Waals surface area contributed by atoms with Gasteiger partial charge in [0.05, 0.1) is 0 Å². The summed E-state index contributed by atoms with van der Waals surface area (Å²) in [6.07, 6.45) is -4.70. The van der Waals surface area contributed by atoms with Crippen molar-refractivity contribution in [3.05, 3.63) is 28.7 Å². The van der Waals surface area contributed by atoms with Crippen molar-refractivity contribution in [3.63, 3.8) is 0 Å². The Kier molecular flexibility index (Phi) is 4.25. The van der Waals surface area contributed by atoms with Crippen LogP contribution in [0.25, 0.3) is 0 Å². The molecule has 140 valence electrons. The molecule has 0 unspecified atom stereocenters. The fourth-order valence-corrected chi connectivity index (χ4v) is 4.10. The number of fused-ring (bicyclic) bond motifs is 1. The largest absolute Gasteiger partial charge is 0.477 e. The van der Waals surface area contributed by atoms with Crippen LogP contribution in [-0.4, -0.2) is 54.7 Å². The first-order valence-electron chi connectivity index (χ1n) is 7.32. The summed E-state index contributed by atoms with van der Waals surface area (Å²) in [5.41, 5.74) is -1.16. The van der Waals surface area contributed by atoms with Crippen LogP contribution in [0.1, 0.15) is 23.1 Å². The Morgan fingerprint density at radius 1 is 1.42 bits per heavy atom. The fourth-order valence-electron chi connectivity index (χ4n) is 2.81. The molecule has 3 rings (SSSR count). The number of aryl methyl sites for hydroxylation is 1. The highest BCUT2D eigenvalue weighted by molar-refractivity contribution is 8.00. The van der Waals surface area contributed by atoms with Gasteiger partial charge >= 0.3 is 12.1 Å². The number of amides is 2. The summed E-state index contributed by atoms with van der Waals surface area (Å²) < 4.78 is 38.9. The van der Waals surface area contributed by atoms with Gasteiger partial charge in [-0.3, -0.25) is 19.2 Å². The predicted molar refractivity (Wildman–Crippen MR) is 82.9 cm³/mol. The lowest BCUT2D eigenvalue weighted by Crippen LogP contribution is -2.70. The number of carbonyl (C=O) groups is 3. The maximum Gasteiger partial charge on any atom is 0.435 e. The molecule has 26 heavy (non-hydrogen) atoms. The Balaban J connectivity index is 1.78. The smallest absolute Gasteiger partial charge is 0.435 e. The van der Waals surface area contributed by atoms with Crippen LogP contribution in [0.3, 0.4) is 0 Å². The minimum Gasteiger partial charge on any atom is -0.477 e. The van der Waals surface area contributed by atoms with E-state index in [-0.39, 0.29) is 11.4 Å². The molecule has 2 aliphatic heterocycles. The fraction of sp³-hybridized carbons (Fsp3) is 0.429. The molecule has 0 aliphatic carbocycles. The van der Waals surface area contributed by atoms with Crippen LogP contribution < -0.4 is 5.32 Å². The molecule has 0 bridgehead atoms. The highest BCUT2D eigenvalue weighted by atomic mass is 32.2. The first kappa shape index (κ1) is 18.3. The van der Waals surface area contributed by atoms with E-state index in [1.807, 2.05) is 0 Å². The molecule has 0 saturated carbocycles. The maximum atomic E-state index is 12.7. The quantitative estimate of drug-likeness (QED) is 0.741. The van der Waals surface area contributed by atoms with Crippen molar-refractivity contribution in [2.45, 2.75) is 24.5 Å². The van der Waals surface area contributed by atoms with Gasteiger partial charge in [-0.25, -0.2) is 4.79 Å². The molecule has 1 aromatic heterocycles. The van der Waals surface area contributed by atoms with Crippen molar-refractivity contribution < 1.29 is 32.7 Å². The van der Waals surface area contributed by atoms with Crippen LogP contribution in [0.4, 0.5) is 13.2 Å². The van der Waals surface area contributed by atoms with E-state index in [0.29, 0.717) is 17.4 Å². The minimum absolute atomic E-state index is 0.121. The van der Waals surface area contributed by atoms with Gasteiger partial charge in [0.25, 0.3) is 11.8 Å². The summed E-state index contributed by atoms with van der Waals surface area (Å²) in [4.78, 5) is 36.9. The molecule has 0 spiro atoms. The van der Waals surface area contributed by atoms with Gasteiger partial charge in [0, 0.05) is 18.9 Å². The normalized spacial score (nSPS) is 22.8. The summed E-state index contributed by atoms with van der Waals surface area (Å²) >= 11 is 1.27. The maximum absolute atomic E-state index is 12.7. The van der Waals surface area contributed by atoms with Crippen molar-refractivity contribution in [1.82, 2.24) is 20.0 Å². The lowest BCUT2D eigenvalue weighted by atomic mass is 10.0. The highest BCUT2D eigenvalue weighted by Gasteiger charge is 2.54. The van der Waals surface area contributed by atoms with Gasteiger partial charge in [-0.2, -0.15) is 18.3 Å². The van der Waals surface area contributed by atoms with E-state index in [2.05, 4.69) is 10.4 Å². The number of carboxylic acids is 1. The number of rotatable bonds is 3. The van der Waals surface area contributed by atoms with Crippen LogP contribution in [0.5, 0.6) is 0 Å². The molecule has 12 heteroatoms.